The number of allylic oxidation sites excluding steroid dienone is 4. The fourth-order valence-electron chi connectivity index (χ4n) is 10.9. The Labute approximate surface area is 226 Å². The van der Waals surface area contributed by atoms with Gasteiger partial charge < -0.3 is 5.11 Å². The number of carbonyl (C=O) groups excluding carboxylic acids is 1. The highest BCUT2D eigenvalue weighted by Gasteiger charge is 2.70. The number of nitriles is 1. The van der Waals surface area contributed by atoms with Gasteiger partial charge in [-0.1, -0.05) is 54.0 Å². The summed E-state index contributed by atoms with van der Waals surface area (Å²) in [6, 6.07) is 2.32. The van der Waals surface area contributed by atoms with Crippen LogP contribution in [0, 0.1) is 62.6 Å². The number of hydrogen-bond donors (Lipinski definition) is 1. The number of tetrazole rings is 1. The number of aliphatic hydroxyl groups excluding tert-OH is 1. The lowest BCUT2D eigenvalue weighted by atomic mass is 9.34. The van der Waals surface area contributed by atoms with Crippen molar-refractivity contribution >= 4 is 5.78 Å². The number of ketones is 1. The smallest absolute Gasteiger partial charge is 0.159 e. The summed E-state index contributed by atoms with van der Waals surface area (Å²) in [7, 11) is 0. The van der Waals surface area contributed by atoms with Crippen molar-refractivity contribution in [3.05, 3.63) is 29.3 Å². The summed E-state index contributed by atoms with van der Waals surface area (Å²) in [4.78, 5) is 14.6. The highest BCUT2D eigenvalue weighted by atomic mass is 16.3. The van der Waals surface area contributed by atoms with E-state index in [-0.39, 0.29) is 51.1 Å². The van der Waals surface area contributed by atoms with Crippen LogP contribution in [0.3, 0.4) is 0 Å². The lowest BCUT2D eigenvalue weighted by Crippen LogP contribution is -2.67. The molecule has 7 nitrogen and oxygen atoms in total. The molecule has 0 spiro atoms. The third kappa shape index (κ3) is 2.85. The summed E-state index contributed by atoms with van der Waals surface area (Å²) in [5.74, 6) is 1.66. The zero-order valence-corrected chi connectivity index (χ0v) is 24.1. The molecule has 5 aliphatic carbocycles. The lowest BCUT2D eigenvalue weighted by Gasteiger charge is -2.69. The van der Waals surface area contributed by atoms with Gasteiger partial charge in [-0.2, -0.15) is 5.26 Å². The fourth-order valence-corrected chi connectivity index (χ4v) is 10.9. The van der Waals surface area contributed by atoms with Gasteiger partial charge in [0.2, 0.25) is 0 Å². The topological polar surface area (TPSA) is 105 Å². The molecule has 0 unspecified atom stereocenters. The van der Waals surface area contributed by atoms with E-state index in [1.807, 2.05) is 10.8 Å². The van der Waals surface area contributed by atoms with Crippen LogP contribution in [-0.4, -0.2) is 31.1 Å². The molecule has 0 amide bonds. The van der Waals surface area contributed by atoms with Gasteiger partial charge in [0, 0.05) is 11.3 Å². The molecule has 0 aromatic carbocycles. The molecule has 1 N–H and O–H groups in total. The summed E-state index contributed by atoms with van der Waals surface area (Å²) in [6.45, 7) is 15.9. The SMILES string of the molecule is C[C@@H]1[C@H]2[C@H]3C(=O)C=C4[C@@]5(C)CC(C#N)=C(O)C(C)(C)[C@@H]5CC[C@@]4(C)[C@]3(C)CC[C@@]2(n2cnnn2)CC[C@H]1C. The summed E-state index contributed by atoms with van der Waals surface area (Å²) in [5.41, 5.74) is 0.278. The van der Waals surface area contributed by atoms with E-state index in [0.717, 1.165) is 38.5 Å². The predicted molar refractivity (Wildman–Crippen MR) is 143 cm³/mol. The molecule has 6 rings (SSSR count). The number of nitrogens with zero attached hydrogens (tertiary/aromatic N) is 5. The van der Waals surface area contributed by atoms with E-state index < -0.39 is 5.41 Å². The summed E-state index contributed by atoms with van der Waals surface area (Å²) in [5, 5.41) is 33.5. The molecule has 1 aromatic heterocycles. The second-order valence-electron chi connectivity index (χ2n) is 14.8. The predicted octanol–water partition coefficient (Wildman–Crippen LogP) is 6.16. The fraction of sp³-hybridized carbons (Fsp3) is 0.774. The maximum atomic E-state index is 14.6. The standard InChI is InChI=1S/C31H43N5O2/c1-18-8-11-31(36-17-33-34-35-36)13-12-30(7)25(24(31)19(18)2)21(37)14-23-28(5)15-20(16-32)26(38)27(3,4)22(28)9-10-29(23,30)6/h14,17-19,22,24-25,38H,8-13,15H2,1-7H3/t18-,19+,22+,24+,25-,28+,29-,30-,31+/m1/s1. The Morgan fingerprint density at radius 2 is 1.82 bits per heavy atom. The number of rotatable bonds is 1. The van der Waals surface area contributed by atoms with Gasteiger partial charge in [-0.3, -0.25) is 4.79 Å². The maximum absolute atomic E-state index is 14.6. The Hall–Kier alpha value is -2.49. The summed E-state index contributed by atoms with van der Waals surface area (Å²) in [6.07, 6.45) is 10.3. The Kier molecular flexibility index (Phi) is 5.29. The van der Waals surface area contributed by atoms with Crippen LogP contribution >= 0.6 is 0 Å². The number of hydrogen-bond acceptors (Lipinski definition) is 6. The molecule has 0 bridgehead atoms. The number of aromatic nitrogens is 4. The molecule has 38 heavy (non-hydrogen) atoms. The van der Waals surface area contributed by atoms with Gasteiger partial charge in [-0.25, -0.2) is 4.68 Å². The number of aliphatic hydroxyl groups is 1. The molecule has 7 heteroatoms. The van der Waals surface area contributed by atoms with E-state index in [4.69, 9.17) is 0 Å². The largest absolute Gasteiger partial charge is 0.511 e. The Morgan fingerprint density at radius 3 is 2.47 bits per heavy atom. The molecule has 0 radical (unpaired) electrons. The van der Waals surface area contributed by atoms with Crippen molar-refractivity contribution in [1.29, 1.82) is 5.26 Å². The number of fused-ring (bicyclic) bond motifs is 7. The van der Waals surface area contributed by atoms with Crippen LogP contribution in [0.1, 0.15) is 93.4 Å². The average Bonchev–Trinajstić information content (AvgIpc) is 3.41. The molecule has 3 saturated carbocycles. The minimum atomic E-state index is -0.504. The molecule has 0 saturated heterocycles. The van der Waals surface area contributed by atoms with Gasteiger partial charge in [0.1, 0.15) is 12.1 Å². The van der Waals surface area contributed by atoms with Crippen LogP contribution in [0.5, 0.6) is 0 Å². The van der Waals surface area contributed by atoms with Gasteiger partial charge in [0.25, 0.3) is 0 Å². The molecule has 204 valence electrons. The first-order valence-corrected chi connectivity index (χ1v) is 14.6. The first-order valence-electron chi connectivity index (χ1n) is 14.6. The van der Waals surface area contributed by atoms with Crippen molar-refractivity contribution in [1.82, 2.24) is 20.2 Å². The molecule has 1 heterocycles. The highest BCUT2D eigenvalue weighted by Crippen LogP contribution is 2.74. The molecular formula is C31H43N5O2. The quantitative estimate of drug-likeness (QED) is 0.478. The molecule has 1 aromatic rings. The first kappa shape index (κ1) is 25.8. The van der Waals surface area contributed by atoms with E-state index in [9.17, 15) is 15.2 Å². The number of carbonyl (C=O) groups is 1. The molecule has 9 atom stereocenters. The van der Waals surface area contributed by atoms with Gasteiger partial charge in [-0.15, -0.1) is 5.10 Å². The molecule has 3 fully saturated rings. The third-order valence-corrected chi connectivity index (χ3v) is 13.3. The average molecular weight is 518 g/mol. The van der Waals surface area contributed by atoms with Crippen LogP contribution in [0.25, 0.3) is 0 Å². The second-order valence-corrected chi connectivity index (χ2v) is 14.8. The Bertz CT molecular complexity index is 1290. The molecule has 5 aliphatic rings. The van der Waals surface area contributed by atoms with Crippen molar-refractivity contribution in [3.63, 3.8) is 0 Å². The van der Waals surface area contributed by atoms with Crippen molar-refractivity contribution in [3.8, 4) is 6.07 Å². The normalized spacial score (nSPS) is 47.7. The van der Waals surface area contributed by atoms with Crippen LogP contribution in [-0.2, 0) is 10.3 Å². The minimum absolute atomic E-state index is 0.0944. The van der Waals surface area contributed by atoms with Gasteiger partial charge in [0.05, 0.1) is 17.2 Å². The van der Waals surface area contributed by atoms with E-state index in [1.165, 1.54) is 5.57 Å². The molecular weight excluding hydrogens is 474 g/mol. The van der Waals surface area contributed by atoms with Crippen LogP contribution in [0.15, 0.2) is 29.3 Å². The first-order chi connectivity index (χ1) is 17.8. The van der Waals surface area contributed by atoms with E-state index in [1.54, 1.807) is 6.33 Å². The summed E-state index contributed by atoms with van der Waals surface area (Å²) >= 11 is 0. The van der Waals surface area contributed by atoms with Gasteiger partial charge >= 0.3 is 0 Å². The van der Waals surface area contributed by atoms with E-state index >= 15 is 0 Å². The zero-order valence-electron chi connectivity index (χ0n) is 24.1. The summed E-state index contributed by atoms with van der Waals surface area (Å²) < 4.78 is 2.00. The Morgan fingerprint density at radius 1 is 1.08 bits per heavy atom. The Balaban J connectivity index is 1.53. The van der Waals surface area contributed by atoms with E-state index in [0.29, 0.717) is 23.8 Å². The third-order valence-electron chi connectivity index (χ3n) is 13.3. The minimum Gasteiger partial charge on any atom is -0.511 e. The van der Waals surface area contributed by atoms with Crippen molar-refractivity contribution in [2.75, 3.05) is 0 Å². The monoisotopic (exact) mass is 517 g/mol. The molecule has 0 aliphatic heterocycles. The zero-order chi connectivity index (χ0) is 27.5. The highest BCUT2D eigenvalue weighted by molar-refractivity contribution is 5.95. The van der Waals surface area contributed by atoms with Crippen molar-refractivity contribution < 1.29 is 9.90 Å². The maximum Gasteiger partial charge on any atom is 0.159 e. The van der Waals surface area contributed by atoms with Crippen LogP contribution in [0.2, 0.25) is 0 Å². The van der Waals surface area contributed by atoms with Gasteiger partial charge in [0.15, 0.2) is 5.78 Å². The van der Waals surface area contributed by atoms with Gasteiger partial charge in [-0.05, 0) is 101 Å². The van der Waals surface area contributed by atoms with Crippen LogP contribution < -0.4 is 0 Å². The van der Waals surface area contributed by atoms with Crippen LogP contribution in [0.4, 0.5) is 0 Å². The van der Waals surface area contributed by atoms with E-state index in [2.05, 4.69) is 70.1 Å². The van der Waals surface area contributed by atoms with Crippen molar-refractivity contribution in [2.24, 2.45) is 51.2 Å². The lowest BCUT2D eigenvalue weighted by molar-refractivity contribution is -0.176. The second kappa shape index (κ2) is 7.79. The van der Waals surface area contributed by atoms with Crippen molar-refractivity contribution in [2.45, 2.75) is 99.0 Å².